The van der Waals surface area contributed by atoms with Crippen LogP contribution in [0.2, 0.25) is 0 Å². The Kier molecular flexibility index (Phi) is 6.19. The molecule has 1 rings (SSSR count). The summed E-state index contributed by atoms with van der Waals surface area (Å²) in [5.41, 5.74) is 8.06. The zero-order valence-corrected chi connectivity index (χ0v) is 10.9. The van der Waals surface area contributed by atoms with Crippen LogP contribution in [0.3, 0.4) is 0 Å². The van der Waals surface area contributed by atoms with Crippen LogP contribution in [0.25, 0.3) is 0 Å². The van der Waals surface area contributed by atoms with Crippen LogP contribution < -0.4 is 5.73 Å². The van der Waals surface area contributed by atoms with Crippen molar-refractivity contribution in [1.82, 2.24) is 4.90 Å². The van der Waals surface area contributed by atoms with Gasteiger partial charge in [0.1, 0.15) is 0 Å². The first kappa shape index (κ1) is 14.2. The molecule has 3 N–H and O–H groups in total. The van der Waals surface area contributed by atoms with E-state index >= 15 is 0 Å². The Balaban J connectivity index is 2.30. The highest BCUT2D eigenvalue weighted by Crippen LogP contribution is 2.05. The molecule has 0 aliphatic rings. The van der Waals surface area contributed by atoms with Gasteiger partial charge in [0.25, 0.3) is 0 Å². The molecule has 1 aromatic rings. The van der Waals surface area contributed by atoms with E-state index in [0.29, 0.717) is 19.5 Å². The van der Waals surface area contributed by atoms with Crippen molar-refractivity contribution in [3.8, 4) is 0 Å². The SMILES string of the molecule is Cc1cccc(CCN(C)CC(O)CCN)c1. The Morgan fingerprint density at radius 1 is 1.41 bits per heavy atom. The predicted octanol–water partition coefficient (Wildman–Crippen LogP) is 1.18. The molecule has 0 bridgehead atoms. The zero-order chi connectivity index (χ0) is 12.7. The number of nitrogens with two attached hydrogens (primary N) is 1. The second-order valence-electron chi connectivity index (χ2n) is 4.73. The van der Waals surface area contributed by atoms with Crippen LogP contribution in [0.1, 0.15) is 17.5 Å². The Labute approximate surface area is 104 Å². The van der Waals surface area contributed by atoms with Gasteiger partial charge in [-0.3, -0.25) is 0 Å². The summed E-state index contributed by atoms with van der Waals surface area (Å²) in [7, 11) is 2.04. The van der Waals surface area contributed by atoms with E-state index in [9.17, 15) is 5.11 Å². The van der Waals surface area contributed by atoms with Gasteiger partial charge in [0, 0.05) is 13.1 Å². The summed E-state index contributed by atoms with van der Waals surface area (Å²) in [4.78, 5) is 2.16. The molecular formula is C14H24N2O. The molecule has 3 nitrogen and oxygen atoms in total. The van der Waals surface area contributed by atoms with Crippen molar-refractivity contribution in [2.24, 2.45) is 5.73 Å². The maximum atomic E-state index is 9.64. The molecule has 0 saturated carbocycles. The van der Waals surface area contributed by atoms with Crippen molar-refractivity contribution in [3.05, 3.63) is 35.4 Å². The molecule has 0 aliphatic heterocycles. The maximum absolute atomic E-state index is 9.64. The summed E-state index contributed by atoms with van der Waals surface area (Å²) < 4.78 is 0. The summed E-state index contributed by atoms with van der Waals surface area (Å²) in [5, 5.41) is 9.64. The van der Waals surface area contributed by atoms with Crippen LogP contribution >= 0.6 is 0 Å². The summed E-state index contributed by atoms with van der Waals surface area (Å²) in [5.74, 6) is 0. The van der Waals surface area contributed by atoms with Gasteiger partial charge in [-0.2, -0.15) is 0 Å². The van der Waals surface area contributed by atoms with E-state index in [-0.39, 0.29) is 6.10 Å². The van der Waals surface area contributed by atoms with E-state index in [1.165, 1.54) is 11.1 Å². The van der Waals surface area contributed by atoms with Gasteiger partial charge in [0.05, 0.1) is 6.10 Å². The Bertz CT molecular complexity index is 328. The Hall–Kier alpha value is -0.900. The number of aryl methyl sites for hydroxylation is 1. The quantitative estimate of drug-likeness (QED) is 0.747. The topological polar surface area (TPSA) is 49.5 Å². The molecule has 0 aromatic heterocycles. The van der Waals surface area contributed by atoms with Gasteiger partial charge in [-0.15, -0.1) is 0 Å². The van der Waals surface area contributed by atoms with E-state index in [2.05, 4.69) is 36.1 Å². The van der Waals surface area contributed by atoms with E-state index in [1.807, 2.05) is 7.05 Å². The van der Waals surface area contributed by atoms with Crippen LogP contribution in [-0.4, -0.2) is 42.8 Å². The number of rotatable bonds is 7. The van der Waals surface area contributed by atoms with Crippen LogP contribution in [-0.2, 0) is 6.42 Å². The second-order valence-corrected chi connectivity index (χ2v) is 4.73. The average Bonchev–Trinajstić information content (AvgIpc) is 2.27. The van der Waals surface area contributed by atoms with Crippen LogP contribution in [0.5, 0.6) is 0 Å². The van der Waals surface area contributed by atoms with Gasteiger partial charge in [-0.05, 0) is 38.9 Å². The molecule has 0 heterocycles. The predicted molar refractivity (Wildman–Crippen MR) is 72.1 cm³/mol. The first-order chi connectivity index (χ1) is 8.11. The molecule has 96 valence electrons. The lowest BCUT2D eigenvalue weighted by Crippen LogP contribution is -2.32. The Morgan fingerprint density at radius 3 is 2.82 bits per heavy atom. The molecule has 0 fully saturated rings. The number of benzene rings is 1. The van der Waals surface area contributed by atoms with Crippen LogP contribution in [0.4, 0.5) is 0 Å². The minimum atomic E-state index is -0.303. The van der Waals surface area contributed by atoms with Crippen molar-refractivity contribution >= 4 is 0 Å². The number of hydrogen-bond acceptors (Lipinski definition) is 3. The largest absolute Gasteiger partial charge is 0.392 e. The number of nitrogens with zero attached hydrogens (tertiary/aromatic N) is 1. The van der Waals surface area contributed by atoms with Gasteiger partial charge in [-0.25, -0.2) is 0 Å². The van der Waals surface area contributed by atoms with Crippen LogP contribution in [0.15, 0.2) is 24.3 Å². The van der Waals surface area contributed by atoms with Gasteiger partial charge >= 0.3 is 0 Å². The molecule has 0 spiro atoms. The summed E-state index contributed by atoms with van der Waals surface area (Å²) in [6, 6.07) is 8.56. The first-order valence-corrected chi connectivity index (χ1v) is 6.24. The molecule has 1 atom stereocenters. The summed E-state index contributed by atoms with van der Waals surface area (Å²) in [6.45, 7) is 4.32. The van der Waals surface area contributed by atoms with Gasteiger partial charge in [-0.1, -0.05) is 29.8 Å². The molecule has 0 radical (unpaired) electrons. The van der Waals surface area contributed by atoms with Crippen LogP contribution in [0, 0.1) is 6.92 Å². The molecule has 0 saturated heterocycles. The van der Waals surface area contributed by atoms with Crippen molar-refractivity contribution in [2.45, 2.75) is 25.9 Å². The molecular weight excluding hydrogens is 212 g/mol. The minimum Gasteiger partial charge on any atom is -0.392 e. The molecule has 3 heteroatoms. The standard InChI is InChI=1S/C14H24N2O/c1-12-4-3-5-13(10-12)7-9-16(2)11-14(17)6-8-15/h3-5,10,14,17H,6-9,11,15H2,1-2H3. The van der Waals surface area contributed by atoms with Crippen molar-refractivity contribution in [3.63, 3.8) is 0 Å². The lowest BCUT2D eigenvalue weighted by atomic mass is 10.1. The molecule has 1 aromatic carbocycles. The monoisotopic (exact) mass is 236 g/mol. The smallest absolute Gasteiger partial charge is 0.0679 e. The summed E-state index contributed by atoms with van der Waals surface area (Å²) >= 11 is 0. The minimum absolute atomic E-state index is 0.303. The fourth-order valence-corrected chi connectivity index (χ4v) is 1.92. The van der Waals surface area contributed by atoms with Crippen molar-refractivity contribution in [2.75, 3.05) is 26.7 Å². The maximum Gasteiger partial charge on any atom is 0.0679 e. The zero-order valence-electron chi connectivity index (χ0n) is 10.9. The third-order valence-electron chi connectivity index (χ3n) is 2.89. The van der Waals surface area contributed by atoms with Crippen molar-refractivity contribution < 1.29 is 5.11 Å². The van der Waals surface area contributed by atoms with Crippen molar-refractivity contribution in [1.29, 1.82) is 0 Å². The molecule has 0 aliphatic carbocycles. The second kappa shape index (κ2) is 7.43. The number of aliphatic hydroxyl groups excluding tert-OH is 1. The molecule has 17 heavy (non-hydrogen) atoms. The average molecular weight is 236 g/mol. The highest BCUT2D eigenvalue weighted by atomic mass is 16.3. The van der Waals surface area contributed by atoms with E-state index in [1.54, 1.807) is 0 Å². The third kappa shape index (κ3) is 5.82. The van der Waals surface area contributed by atoms with Gasteiger partial charge in [0.15, 0.2) is 0 Å². The van der Waals surface area contributed by atoms with E-state index in [0.717, 1.165) is 13.0 Å². The molecule has 0 amide bonds. The van der Waals surface area contributed by atoms with E-state index < -0.39 is 0 Å². The fourth-order valence-electron chi connectivity index (χ4n) is 1.92. The highest BCUT2D eigenvalue weighted by molar-refractivity contribution is 5.22. The van der Waals surface area contributed by atoms with Gasteiger partial charge < -0.3 is 15.7 Å². The normalized spacial score (nSPS) is 13.0. The first-order valence-electron chi connectivity index (χ1n) is 6.24. The number of hydrogen-bond donors (Lipinski definition) is 2. The van der Waals surface area contributed by atoms with E-state index in [4.69, 9.17) is 5.73 Å². The highest BCUT2D eigenvalue weighted by Gasteiger charge is 2.07. The molecule has 1 unspecified atom stereocenters. The van der Waals surface area contributed by atoms with Gasteiger partial charge in [0.2, 0.25) is 0 Å². The fraction of sp³-hybridized carbons (Fsp3) is 0.571. The lowest BCUT2D eigenvalue weighted by molar-refractivity contribution is 0.120. The third-order valence-corrected chi connectivity index (χ3v) is 2.89. The summed E-state index contributed by atoms with van der Waals surface area (Å²) in [6.07, 6.45) is 1.39. The Morgan fingerprint density at radius 2 is 2.18 bits per heavy atom. The number of aliphatic hydroxyl groups is 1. The lowest BCUT2D eigenvalue weighted by Gasteiger charge is -2.20. The number of likely N-dealkylation sites (N-methyl/N-ethyl adjacent to an activating group) is 1.